The molecule has 1 saturated heterocycles. The minimum absolute atomic E-state index is 0.701. The lowest BCUT2D eigenvalue weighted by Gasteiger charge is -2.17. The second kappa shape index (κ2) is 4.13. The fourth-order valence-electron chi connectivity index (χ4n) is 2.24. The number of aromatic nitrogens is 2. The number of hydrogen-bond donors (Lipinski definition) is 1. The van der Waals surface area contributed by atoms with Crippen LogP contribution in [0.25, 0.3) is 0 Å². The summed E-state index contributed by atoms with van der Waals surface area (Å²) < 4.78 is 1.88. The summed E-state index contributed by atoms with van der Waals surface area (Å²) in [6, 6.07) is 2.82. The average Bonchev–Trinajstić information content (AvgIpc) is 2.75. The number of rotatable bonds is 3. The Bertz CT molecular complexity index is 286. The van der Waals surface area contributed by atoms with Gasteiger partial charge in [0, 0.05) is 19.3 Å². The first-order chi connectivity index (χ1) is 6.75. The van der Waals surface area contributed by atoms with Gasteiger partial charge in [-0.2, -0.15) is 5.10 Å². The molecule has 2 rings (SSSR count). The van der Waals surface area contributed by atoms with Crippen LogP contribution in [0.1, 0.15) is 25.5 Å². The quantitative estimate of drug-likeness (QED) is 0.785. The summed E-state index contributed by atoms with van der Waals surface area (Å²) >= 11 is 0. The third kappa shape index (κ3) is 2.15. The maximum Gasteiger partial charge on any atom is 0.0627 e. The Hall–Kier alpha value is -0.830. The van der Waals surface area contributed by atoms with Crippen molar-refractivity contribution < 1.29 is 0 Å². The molecule has 0 aliphatic carbocycles. The van der Waals surface area contributed by atoms with E-state index in [9.17, 15) is 0 Å². The summed E-state index contributed by atoms with van der Waals surface area (Å²) in [6.45, 7) is 3.51. The monoisotopic (exact) mass is 193 g/mol. The van der Waals surface area contributed by atoms with Crippen molar-refractivity contribution in [1.82, 2.24) is 15.1 Å². The van der Waals surface area contributed by atoms with Gasteiger partial charge < -0.3 is 5.32 Å². The number of aryl methyl sites for hydroxylation is 1. The van der Waals surface area contributed by atoms with Crippen molar-refractivity contribution in [3.05, 3.63) is 18.0 Å². The van der Waals surface area contributed by atoms with Crippen molar-refractivity contribution >= 4 is 0 Å². The van der Waals surface area contributed by atoms with E-state index in [2.05, 4.69) is 23.4 Å². The van der Waals surface area contributed by atoms with E-state index in [-0.39, 0.29) is 0 Å². The van der Waals surface area contributed by atoms with Crippen molar-refractivity contribution in [3.8, 4) is 0 Å². The minimum atomic E-state index is 0.701. The molecule has 1 fully saturated rings. The van der Waals surface area contributed by atoms with Gasteiger partial charge in [-0.1, -0.05) is 6.92 Å². The first kappa shape index (κ1) is 9.71. The summed E-state index contributed by atoms with van der Waals surface area (Å²) in [5.74, 6) is 0.701. The van der Waals surface area contributed by atoms with Gasteiger partial charge >= 0.3 is 0 Å². The lowest BCUT2D eigenvalue weighted by molar-refractivity contribution is 0.413. The molecule has 0 bridgehead atoms. The SMILES string of the molecule is CC(Cc1ccn(C)n1)C1CCCN1. The zero-order valence-corrected chi connectivity index (χ0v) is 9.03. The zero-order valence-electron chi connectivity index (χ0n) is 9.03. The molecular weight excluding hydrogens is 174 g/mol. The van der Waals surface area contributed by atoms with Crippen LogP contribution in [0.2, 0.25) is 0 Å². The first-order valence-corrected chi connectivity index (χ1v) is 5.47. The van der Waals surface area contributed by atoms with E-state index in [1.54, 1.807) is 0 Å². The molecule has 1 N–H and O–H groups in total. The van der Waals surface area contributed by atoms with Crippen LogP contribution in [0.4, 0.5) is 0 Å². The summed E-state index contributed by atoms with van der Waals surface area (Å²) in [6.07, 6.45) is 5.77. The standard InChI is InChI=1S/C11H19N3/c1-9(11-4-3-6-12-11)8-10-5-7-14(2)13-10/h5,7,9,11-12H,3-4,6,8H2,1-2H3. The van der Waals surface area contributed by atoms with Gasteiger partial charge in [0.25, 0.3) is 0 Å². The van der Waals surface area contributed by atoms with Crippen LogP contribution in [0, 0.1) is 5.92 Å². The first-order valence-electron chi connectivity index (χ1n) is 5.47. The fourth-order valence-corrected chi connectivity index (χ4v) is 2.24. The Kier molecular flexibility index (Phi) is 2.87. The molecule has 1 aliphatic heterocycles. The topological polar surface area (TPSA) is 29.9 Å². The largest absolute Gasteiger partial charge is 0.314 e. The highest BCUT2D eigenvalue weighted by Crippen LogP contribution is 2.17. The minimum Gasteiger partial charge on any atom is -0.314 e. The van der Waals surface area contributed by atoms with E-state index in [1.807, 2.05) is 17.9 Å². The third-order valence-corrected chi connectivity index (χ3v) is 3.09. The highest BCUT2D eigenvalue weighted by Gasteiger charge is 2.21. The van der Waals surface area contributed by atoms with E-state index in [1.165, 1.54) is 25.1 Å². The van der Waals surface area contributed by atoms with E-state index < -0.39 is 0 Å². The molecule has 0 spiro atoms. The van der Waals surface area contributed by atoms with E-state index >= 15 is 0 Å². The number of nitrogens with zero attached hydrogens (tertiary/aromatic N) is 2. The van der Waals surface area contributed by atoms with Crippen molar-refractivity contribution in [1.29, 1.82) is 0 Å². The molecule has 2 atom stereocenters. The molecule has 0 amide bonds. The van der Waals surface area contributed by atoms with Crippen molar-refractivity contribution in [2.24, 2.45) is 13.0 Å². The Morgan fingerprint density at radius 3 is 3.14 bits per heavy atom. The number of nitrogens with one attached hydrogen (secondary N) is 1. The smallest absolute Gasteiger partial charge is 0.0627 e. The molecule has 78 valence electrons. The molecule has 3 heteroatoms. The van der Waals surface area contributed by atoms with Gasteiger partial charge in [-0.3, -0.25) is 4.68 Å². The van der Waals surface area contributed by atoms with Gasteiger partial charge in [0.05, 0.1) is 5.69 Å². The summed E-state index contributed by atoms with van der Waals surface area (Å²) in [5.41, 5.74) is 1.22. The van der Waals surface area contributed by atoms with Crippen LogP contribution in [-0.4, -0.2) is 22.4 Å². The molecule has 2 unspecified atom stereocenters. The van der Waals surface area contributed by atoms with Gasteiger partial charge in [0.1, 0.15) is 0 Å². The van der Waals surface area contributed by atoms with Crippen molar-refractivity contribution in [2.45, 2.75) is 32.2 Å². The molecule has 3 nitrogen and oxygen atoms in total. The lowest BCUT2D eigenvalue weighted by atomic mass is 9.95. The molecular formula is C11H19N3. The normalized spacial score (nSPS) is 24.0. The van der Waals surface area contributed by atoms with Crippen LogP contribution >= 0.6 is 0 Å². The maximum atomic E-state index is 4.41. The highest BCUT2D eigenvalue weighted by atomic mass is 15.2. The molecule has 0 saturated carbocycles. The van der Waals surface area contributed by atoms with Gasteiger partial charge in [-0.05, 0) is 37.8 Å². The summed E-state index contributed by atoms with van der Waals surface area (Å²) in [4.78, 5) is 0. The van der Waals surface area contributed by atoms with Crippen LogP contribution < -0.4 is 5.32 Å². The second-order valence-corrected chi connectivity index (χ2v) is 4.36. The second-order valence-electron chi connectivity index (χ2n) is 4.36. The molecule has 1 aliphatic rings. The van der Waals surface area contributed by atoms with Crippen molar-refractivity contribution in [2.75, 3.05) is 6.54 Å². The van der Waals surface area contributed by atoms with Gasteiger partial charge in [-0.25, -0.2) is 0 Å². The van der Waals surface area contributed by atoms with Crippen LogP contribution in [0.5, 0.6) is 0 Å². The van der Waals surface area contributed by atoms with Crippen LogP contribution in [0.15, 0.2) is 12.3 Å². The van der Waals surface area contributed by atoms with Crippen molar-refractivity contribution in [3.63, 3.8) is 0 Å². The molecule has 14 heavy (non-hydrogen) atoms. The third-order valence-electron chi connectivity index (χ3n) is 3.09. The Balaban J connectivity index is 1.90. The molecule has 1 aromatic heterocycles. The maximum absolute atomic E-state index is 4.41. The fraction of sp³-hybridized carbons (Fsp3) is 0.727. The Labute approximate surface area is 85.5 Å². The van der Waals surface area contributed by atoms with Gasteiger partial charge in [0.2, 0.25) is 0 Å². The van der Waals surface area contributed by atoms with Crippen LogP contribution in [0.3, 0.4) is 0 Å². The average molecular weight is 193 g/mol. The predicted octanol–water partition coefficient (Wildman–Crippen LogP) is 1.35. The van der Waals surface area contributed by atoms with Gasteiger partial charge in [-0.15, -0.1) is 0 Å². The Morgan fingerprint density at radius 2 is 2.57 bits per heavy atom. The summed E-state index contributed by atoms with van der Waals surface area (Å²) in [5, 5.41) is 7.96. The highest BCUT2D eigenvalue weighted by molar-refractivity contribution is 5.01. The van der Waals surface area contributed by atoms with E-state index in [4.69, 9.17) is 0 Å². The van der Waals surface area contributed by atoms with E-state index in [0.29, 0.717) is 12.0 Å². The van der Waals surface area contributed by atoms with Crippen LogP contribution in [-0.2, 0) is 13.5 Å². The zero-order chi connectivity index (χ0) is 9.97. The molecule has 0 radical (unpaired) electrons. The van der Waals surface area contributed by atoms with E-state index in [0.717, 1.165) is 6.42 Å². The predicted molar refractivity (Wildman–Crippen MR) is 57.1 cm³/mol. The molecule has 2 heterocycles. The molecule has 0 aromatic carbocycles. The summed E-state index contributed by atoms with van der Waals surface area (Å²) in [7, 11) is 1.97. The van der Waals surface area contributed by atoms with Gasteiger partial charge in [0.15, 0.2) is 0 Å². The number of hydrogen-bond acceptors (Lipinski definition) is 2. The Morgan fingerprint density at radius 1 is 1.71 bits per heavy atom. The lowest BCUT2D eigenvalue weighted by Crippen LogP contribution is -2.29. The molecule has 1 aromatic rings.